The van der Waals surface area contributed by atoms with E-state index in [1.54, 1.807) is 5.32 Å². The minimum absolute atomic E-state index is 0.511. The van der Waals surface area contributed by atoms with Gasteiger partial charge in [0.15, 0.2) is 17.5 Å². The van der Waals surface area contributed by atoms with Gasteiger partial charge in [0.25, 0.3) is 5.91 Å². The van der Waals surface area contributed by atoms with Gasteiger partial charge in [-0.2, -0.15) is 0 Å². The number of benzene rings is 1. The summed E-state index contributed by atoms with van der Waals surface area (Å²) < 4.78 is 38.9. The first kappa shape index (κ1) is 15.5. The first-order chi connectivity index (χ1) is 9.23. The summed E-state index contributed by atoms with van der Waals surface area (Å²) in [7, 11) is 0. The summed E-state index contributed by atoms with van der Waals surface area (Å²) >= 11 is 0. The lowest BCUT2D eigenvalue weighted by molar-refractivity contribution is -0.140. The molecular formula is C11H9F3N2O4. The largest absolute Gasteiger partial charge is 0.480 e. The molecule has 108 valence electrons. The van der Waals surface area contributed by atoms with Crippen LogP contribution in [0.25, 0.3) is 0 Å². The molecule has 4 N–H and O–H groups in total. The van der Waals surface area contributed by atoms with Gasteiger partial charge in [-0.25, -0.2) is 18.0 Å². The molecule has 6 nitrogen and oxygen atoms in total. The number of hydrogen-bond acceptors (Lipinski definition) is 3. The third kappa shape index (κ3) is 3.46. The number of hydrogen-bond donors (Lipinski definition) is 3. The molecule has 1 rings (SSSR count). The molecule has 0 fully saturated rings. The minimum atomic E-state index is -1.86. The molecule has 0 bridgehead atoms. The monoisotopic (exact) mass is 290 g/mol. The number of halogens is 3. The zero-order valence-electron chi connectivity index (χ0n) is 9.82. The average molecular weight is 290 g/mol. The predicted molar refractivity (Wildman–Crippen MR) is 59.0 cm³/mol. The molecule has 2 amide bonds. The van der Waals surface area contributed by atoms with Gasteiger partial charge in [-0.05, 0) is 12.1 Å². The van der Waals surface area contributed by atoms with Gasteiger partial charge in [-0.3, -0.25) is 9.59 Å². The third-order valence-electron chi connectivity index (χ3n) is 2.29. The predicted octanol–water partition coefficient (Wildman–Crippen LogP) is 0.162. The Bertz CT molecular complexity index is 577. The van der Waals surface area contributed by atoms with Crippen LogP contribution in [0.15, 0.2) is 12.1 Å². The van der Waals surface area contributed by atoms with E-state index in [-0.39, 0.29) is 0 Å². The Kier molecular flexibility index (Phi) is 4.68. The summed E-state index contributed by atoms with van der Waals surface area (Å²) in [6.45, 7) is 0. The van der Waals surface area contributed by atoms with Gasteiger partial charge >= 0.3 is 5.97 Å². The van der Waals surface area contributed by atoms with Crippen molar-refractivity contribution >= 4 is 17.8 Å². The van der Waals surface area contributed by atoms with Crippen LogP contribution in [0.2, 0.25) is 0 Å². The molecule has 1 unspecified atom stereocenters. The van der Waals surface area contributed by atoms with Gasteiger partial charge in [0.1, 0.15) is 6.04 Å². The number of carbonyl (C=O) groups excluding carboxylic acids is 2. The third-order valence-corrected chi connectivity index (χ3v) is 2.29. The van der Waals surface area contributed by atoms with Crippen LogP contribution >= 0.6 is 0 Å². The van der Waals surface area contributed by atoms with E-state index < -0.39 is 53.3 Å². The second-order valence-electron chi connectivity index (χ2n) is 3.76. The standard InChI is InChI=1S/C11H9F3N2O4/c12-5-2-1-4(8(13)9(5)14)10(18)16-6(11(19)20)3-7(15)17/h1-2,6H,3H2,(H2,15,17)(H,16,18)(H,19,20). The number of nitrogens with two attached hydrogens (primary N) is 1. The molecule has 0 heterocycles. The van der Waals surface area contributed by atoms with E-state index in [2.05, 4.69) is 0 Å². The number of nitrogens with one attached hydrogen (secondary N) is 1. The highest BCUT2D eigenvalue weighted by Gasteiger charge is 2.25. The molecule has 0 aliphatic rings. The Morgan fingerprint density at radius 1 is 1.20 bits per heavy atom. The highest BCUT2D eigenvalue weighted by Crippen LogP contribution is 2.15. The highest BCUT2D eigenvalue weighted by molar-refractivity contribution is 5.97. The van der Waals surface area contributed by atoms with E-state index in [9.17, 15) is 27.6 Å². The topological polar surface area (TPSA) is 109 Å². The van der Waals surface area contributed by atoms with Crippen LogP contribution in [0.5, 0.6) is 0 Å². The molecule has 0 saturated heterocycles. The van der Waals surface area contributed by atoms with Crippen molar-refractivity contribution in [2.45, 2.75) is 12.5 Å². The maximum atomic E-state index is 13.3. The van der Waals surface area contributed by atoms with Crippen molar-refractivity contribution in [3.63, 3.8) is 0 Å². The molecule has 0 spiro atoms. The summed E-state index contributed by atoms with van der Waals surface area (Å²) in [5.74, 6) is -9.02. The summed E-state index contributed by atoms with van der Waals surface area (Å²) in [4.78, 5) is 32.9. The number of primary amides is 1. The molecule has 0 aromatic heterocycles. The fraction of sp³-hybridized carbons (Fsp3) is 0.182. The number of aliphatic carboxylic acids is 1. The zero-order valence-corrected chi connectivity index (χ0v) is 9.82. The van der Waals surface area contributed by atoms with Crippen molar-refractivity contribution in [2.24, 2.45) is 5.73 Å². The zero-order chi connectivity index (χ0) is 15.4. The lowest BCUT2D eigenvalue weighted by Gasteiger charge is -2.13. The molecule has 20 heavy (non-hydrogen) atoms. The Morgan fingerprint density at radius 3 is 2.30 bits per heavy atom. The van der Waals surface area contributed by atoms with Crippen molar-refractivity contribution < 1.29 is 32.7 Å². The quantitative estimate of drug-likeness (QED) is 0.671. The number of rotatable bonds is 5. The van der Waals surface area contributed by atoms with E-state index in [1.165, 1.54) is 0 Å². The molecule has 0 aliphatic heterocycles. The van der Waals surface area contributed by atoms with Crippen LogP contribution in [-0.4, -0.2) is 28.9 Å². The average Bonchev–Trinajstić information content (AvgIpc) is 2.34. The normalized spacial score (nSPS) is 11.8. The second-order valence-corrected chi connectivity index (χ2v) is 3.76. The summed E-state index contributed by atoms with van der Waals surface area (Å²) in [5, 5.41) is 10.5. The Hall–Kier alpha value is -2.58. The second kappa shape index (κ2) is 6.04. The SMILES string of the molecule is NC(=O)CC(NC(=O)c1ccc(F)c(F)c1F)C(=O)O. The van der Waals surface area contributed by atoms with Gasteiger partial charge in [0.2, 0.25) is 5.91 Å². The summed E-state index contributed by atoms with van der Waals surface area (Å²) in [5.41, 5.74) is 3.89. The van der Waals surface area contributed by atoms with Crippen LogP contribution in [0.1, 0.15) is 16.8 Å². The van der Waals surface area contributed by atoms with E-state index in [1.807, 2.05) is 0 Å². The fourth-order valence-corrected chi connectivity index (χ4v) is 1.34. The first-order valence-electron chi connectivity index (χ1n) is 5.19. The van der Waals surface area contributed by atoms with Crippen LogP contribution < -0.4 is 11.1 Å². The van der Waals surface area contributed by atoms with Gasteiger partial charge < -0.3 is 16.2 Å². The lowest BCUT2D eigenvalue weighted by Crippen LogP contribution is -2.43. The summed E-state index contributed by atoms with van der Waals surface area (Å²) in [6.07, 6.45) is -0.730. The van der Waals surface area contributed by atoms with Crippen molar-refractivity contribution in [3.8, 4) is 0 Å². The van der Waals surface area contributed by atoms with Crippen molar-refractivity contribution in [3.05, 3.63) is 35.1 Å². The maximum absolute atomic E-state index is 13.3. The van der Waals surface area contributed by atoms with Gasteiger partial charge in [0, 0.05) is 0 Å². The molecule has 0 radical (unpaired) electrons. The molecule has 0 saturated carbocycles. The van der Waals surface area contributed by atoms with E-state index in [4.69, 9.17) is 10.8 Å². The fourth-order valence-electron chi connectivity index (χ4n) is 1.34. The van der Waals surface area contributed by atoms with Crippen LogP contribution in [0, 0.1) is 17.5 Å². The Labute approximate surface area is 110 Å². The Balaban J connectivity index is 2.98. The summed E-state index contributed by atoms with van der Waals surface area (Å²) in [6, 6.07) is -0.545. The van der Waals surface area contributed by atoms with Crippen LogP contribution in [-0.2, 0) is 9.59 Å². The van der Waals surface area contributed by atoms with Crippen molar-refractivity contribution in [1.82, 2.24) is 5.32 Å². The Morgan fingerprint density at radius 2 is 1.80 bits per heavy atom. The molecule has 1 atom stereocenters. The number of carboxylic acids is 1. The van der Waals surface area contributed by atoms with E-state index >= 15 is 0 Å². The van der Waals surface area contributed by atoms with E-state index in [0.717, 1.165) is 0 Å². The first-order valence-corrected chi connectivity index (χ1v) is 5.19. The van der Waals surface area contributed by atoms with Crippen molar-refractivity contribution in [2.75, 3.05) is 0 Å². The van der Waals surface area contributed by atoms with Gasteiger partial charge in [-0.15, -0.1) is 0 Å². The van der Waals surface area contributed by atoms with Gasteiger partial charge in [0.05, 0.1) is 12.0 Å². The van der Waals surface area contributed by atoms with E-state index in [0.29, 0.717) is 12.1 Å². The number of amides is 2. The maximum Gasteiger partial charge on any atom is 0.326 e. The lowest BCUT2D eigenvalue weighted by atomic mass is 10.1. The van der Waals surface area contributed by atoms with Crippen molar-refractivity contribution in [1.29, 1.82) is 0 Å². The smallest absolute Gasteiger partial charge is 0.326 e. The van der Waals surface area contributed by atoms with Gasteiger partial charge in [-0.1, -0.05) is 0 Å². The minimum Gasteiger partial charge on any atom is -0.480 e. The van der Waals surface area contributed by atoms with Crippen LogP contribution in [0.4, 0.5) is 13.2 Å². The molecule has 1 aromatic rings. The number of carbonyl (C=O) groups is 3. The molecular weight excluding hydrogens is 281 g/mol. The molecule has 9 heteroatoms. The number of carboxylic acid groups (broad SMARTS) is 1. The van der Waals surface area contributed by atoms with Crippen LogP contribution in [0.3, 0.4) is 0 Å². The molecule has 0 aliphatic carbocycles. The highest BCUT2D eigenvalue weighted by atomic mass is 19.2. The molecule has 1 aromatic carbocycles.